The van der Waals surface area contributed by atoms with Gasteiger partial charge in [-0.3, -0.25) is 4.79 Å². The van der Waals surface area contributed by atoms with Crippen molar-refractivity contribution in [2.24, 2.45) is 11.8 Å². The number of hydrogen-bond acceptors (Lipinski definition) is 1. The fourth-order valence-corrected chi connectivity index (χ4v) is 0.981. The van der Waals surface area contributed by atoms with Crippen LogP contribution in [0.3, 0.4) is 0 Å². The summed E-state index contributed by atoms with van der Waals surface area (Å²) in [5.41, 5.74) is 0. The van der Waals surface area contributed by atoms with Gasteiger partial charge in [-0.25, -0.2) is 0 Å². The Balaban J connectivity index is 3.92. The molecule has 1 N–H and O–H groups in total. The summed E-state index contributed by atoms with van der Waals surface area (Å²) in [5, 5.41) is 8.70. The van der Waals surface area contributed by atoms with Crippen LogP contribution in [-0.2, 0) is 4.79 Å². The Morgan fingerprint density at radius 2 is 2.18 bits per heavy atom. The maximum Gasteiger partial charge on any atom is 0.306 e. The van der Waals surface area contributed by atoms with E-state index in [0.29, 0.717) is 12.8 Å². The van der Waals surface area contributed by atoms with Gasteiger partial charge in [-0.05, 0) is 12.3 Å². The van der Waals surface area contributed by atoms with Crippen LogP contribution in [0.2, 0.25) is 0 Å². The highest BCUT2D eigenvalue weighted by molar-refractivity contribution is 5.70. The molecule has 0 aromatic carbocycles. The Bertz CT molecular complexity index is 165. The van der Waals surface area contributed by atoms with E-state index in [1.807, 2.05) is 13.8 Å². The van der Waals surface area contributed by atoms with Crippen LogP contribution in [0.15, 0.2) is 0 Å². The zero-order valence-corrected chi connectivity index (χ0v) is 7.00. The third-order valence-corrected chi connectivity index (χ3v) is 1.72. The lowest BCUT2D eigenvalue weighted by molar-refractivity contribution is -0.143. The molecular formula is C9H14O2. The van der Waals surface area contributed by atoms with Gasteiger partial charge >= 0.3 is 5.97 Å². The van der Waals surface area contributed by atoms with Gasteiger partial charge in [0.15, 0.2) is 0 Å². The number of carbonyl (C=O) groups is 1. The van der Waals surface area contributed by atoms with Crippen molar-refractivity contribution in [3.63, 3.8) is 0 Å². The van der Waals surface area contributed by atoms with Gasteiger partial charge in [0.2, 0.25) is 0 Å². The monoisotopic (exact) mass is 154 g/mol. The third kappa shape index (κ3) is 3.67. The van der Waals surface area contributed by atoms with Crippen molar-refractivity contribution in [3.8, 4) is 12.3 Å². The topological polar surface area (TPSA) is 37.3 Å². The summed E-state index contributed by atoms with van der Waals surface area (Å²) in [6, 6.07) is 0. The zero-order chi connectivity index (χ0) is 8.85. The number of hydrogen-bond donors (Lipinski definition) is 1. The van der Waals surface area contributed by atoms with Crippen molar-refractivity contribution in [1.82, 2.24) is 0 Å². The van der Waals surface area contributed by atoms with Gasteiger partial charge in [0.25, 0.3) is 0 Å². The SMILES string of the molecule is C#CCCC(C(=O)O)C(C)C. The van der Waals surface area contributed by atoms with Gasteiger partial charge in [0.05, 0.1) is 5.92 Å². The van der Waals surface area contributed by atoms with Crippen LogP contribution in [-0.4, -0.2) is 11.1 Å². The molecule has 0 aromatic heterocycles. The Kier molecular flexibility index (Phi) is 4.36. The second kappa shape index (κ2) is 4.79. The van der Waals surface area contributed by atoms with E-state index >= 15 is 0 Å². The maximum absolute atomic E-state index is 10.6. The van der Waals surface area contributed by atoms with Crippen LogP contribution in [0.4, 0.5) is 0 Å². The van der Waals surface area contributed by atoms with E-state index in [-0.39, 0.29) is 11.8 Å². The fourth-order valence-electron chi connectivity index (χ4n) is 0.981. The largest absolute Gasteiger partial charge is 0.481 e. The summed E-state index contributed by atoms with van der Waals surface area (Å²) in [5.74, 6) is 1.59. The molecule has 11 heavy (non-hydrogen) atoms. The predicted molar refractivity (Wildman–Crippen MR) is 44.0 cm³/mol. The van der Waals surface area contributed by atoms with Gasteiger partial charge in [-0.2, -0.15) is 0 Å². The molecule has 0 bridgehead atoms. The smallest absolute Gasteiger partial charge is 0.306 e. The molecule has 0 amide bonds. The molecule has 1 atom stereocenters. The molecule has 0 rings (SSSR count). The van der Waals surface area contributed by atoms with Crippen LogP contribution in [0, 0.1) is 24.2 Å². The average molecular weight is 154 g/mol. The number of rotatable bonds is 4. The first-order valence-electron chi connectivity index (χ1n) is 3.75. The van der Waals surface area contributed by atoms with Crippen molar-refractivity contribution < 1.29 is 9.90 Å². The summed E-state index contributed by atoms with van der Waals surface area (Å²) in [4.78, 5) is 10.6. The van der Waals surface area contributed by atoms with Crippen LogP contribution in [0.1, 0.15) is 26.7 Å². The molecule has 0 spiro atoms. The van der Waals surface area contributed by atoms with Crippen molar-refractivity contribution in [3.05, 3.63) is 0 Å². The first-order valence-corrected chi connectivity index (χ1v) is 3.75. The second-order valence-electron chi connectivity index (χ2n) is 2.93. The Morgan fingerprint density at radius 3 is 2.45 bits per heavy atom. The van der Waals surface area contributed by atoms with Gasteiger partial charge in [-0.15, -0.1) is 12.3 Å². The minimum Gasteiger partial charge on any atom is -0.481 e. The van der Waals surface area contributed by atoms with E-state index in [1.54, 1.807) is 0 Å². The molecule has 62 valence electrons. The van der Waals surface area contributed by atoms with E-state index in [1.165, 1.54) is 0 Å². The Hall–Kier alpha value is -0.970. The highest BCUT2D eigenvalue weighted by atomic mass is 16.4. The lowest BCUT2D eigenvalue weighted by Crippen LogP contribution is -2.19. The maximum atomic E-state index is 10.6. The molecule has 2 heteroatoms. The molecule has 0 saturated heterocycles. The summed E-state index contributed by atoms with van der Waals surface area (Å²) in [6.45, 7) is 3.80. The molecular weight excluding hydrogens is 140 g/mol. The van der Waals surface area contributed by atoms with Crippen molar-refractivity contribution in [2.45, 2.75) is 26.7 Å². The van der Waals surface area contributed by atoms with E-state index in [0.717, 1.165) is 0 Å². The van der Waals surface area contributed by atoms with Crippen LogP contribution in [0.25, 0.3) is 0 Å². The molecule has 0 fully saturated rings. The number of terminal acetylenes is 1. The van der Waals surface area contributed by atoms with Gasteiger partial charge < -0.3 is 5.11 Å². The third-order valence-electron chi connectivity index (χ3n) is 1.72. The molecule has 0 saturated carbocycles. The Morgan fingerprint density at radius 1 is 1.64 bits per heavy atom. The van der Waals surface area contributed by atoms with Crippen LogP contribution >= 0.6 is 0 Å². The molecule has 0 aliphatic heterocycles. The summed E-state index contributed by atoms with van der Waals surface area (Å²) < 4.78 is 0. The molecule has 0 radical (unpaired) electrons. The highest BCUT2D eigenvalue weighted by Gasteiger charge is 2.19. The highest BCUT2D eigenvalue weighted by Crippen LogP contribution is 2.16. The molecule has 0 aliphatic carbocycles. The fraction of sp³-hybridized carbons (Fsp3) is 0.667. The predicted octanol–water partition coefficient (Wildman–Crippen LogP) is 1.76. The first kappa shape index (κ1) is 10.0. The second-order valence-corrected chi connectivity index (χ2v) is 2.93. The summed E-state index contributed by atoms with van der Waals surface area (Å²) in [7, 11) is 0. The lowest BCUT2D eigenvalue weighted by atomic mass is 9.91. The molecule has 0 heterocycles. The van der Waals surface area contributed by atoms with E-state index in [9.17, 15) is 4.79 Å². The first-order chi connectivity index (χ1) is 5.09. The van der Waals surface area contributed by atoms with Crippen LogP contribution in [0.5, 0.6) is 0 Å². The van der Waals surface area contributed by atoms with Gasteiger partial charge in [0.1, 0.15) is 0 Å². The number of carboxylic acid groups (broad SMARTS) is 1. The summed E-state index contributed by atoms with van der Waals surface area (Å²) >= 11 is 0. The standard InChI is InChI=1S/C9H14O2/c1-4-5-6-8(7(2)3)9(10)11/h1,7-8H,5-6H2,2-3H3,(H,10,11). The molecule has 0 aromatic rings. The van der Waals surface area contributed by atoms with Crippen molar-refractivity contribution in [2.75, 3.05) is 0 Å². The summed E-state index contributed by atoms with van der Waals surface area (Å²) in [6.07, 6.45) is 6.17. The molecule has 1 unspecified atom stereocenters. The quantitative estimate of drug-likeness (QED) is 0.626. The average Bonchev–Trinajstić information content (AvgIpc) is 1.87. The number of aliphatic carboxylic acids is 1. The lowest BCUT2D eigenvalue weighted by Gasteiger charge is -2.13. The van der Waals surface area contributed by atoms with E-state index < -0.39 is 5.97 Å². The minimum atomic E-state index is -0.741. The van der Waals surface area contributed by atoms with Gasteiger partial charge in [-0.1, -0.05) is 13.8 Å². The molecule has 0 aliphatic rings. The minimum absolute atomic E-state index is 0.167. The normalized spacial score (nSPS) is 12.5. The Labute approximate surface area is 67.6 Å². The van der Waals surface area contributed by atoms with Crippen molar-refractivity contribution >= 4 is 5.97 Å². The molecule has 2 nitrogen and oxygen atoms in total. The van der Waals surface area contributed by atoms with Gasteiger partial charge in [0, 0.05) is 6.42 Å². The zero-order valence-electron chi connectivity index (χ0n) is 7.00. The van der Waals surface area contributed by atoms with Crippen molar-refractivity contribution in [1.29, 1.82) is 0 Å². The van der Waals surface area contributed by atoms with E-state index in [2.05, 4.69) is 5.92 Å². The van der Waals surface area contributed by atoms with E-state index in [4.69, 9.17) is 11.5 Å². The van der Waals surface area contributed by atoms with Crippen LogP contribution < -0.4 is 0 Å². The number of carboxylic acids is 1.